The van der Waals surface area contributed by atoms with Gasteiger partial charge in [0.1, 0.15) is 17.3 Å². The molecule has 1 aromatic heterocycles. The van der Waals surface area contributed by atoms with Crippen LogP contribution in [-0.2, 0) is 6.18 Å². The predicted molar refractivity (Wildman–Crippen MR) is 105 cm³/mol. The molecule has 3 rings (SSSR count). The van der Waals surface area contributed by atoms with Crippen molar-refractivity contribution in [1.29, 1.82) is 0 Å². The number of benzene rings is 2. The number of methoxy groups -OCH3 is 1. The Labute approximate surface area is 178 Å². The van der Waals surface area contributed by atoms with Gasteiger partial charge in [0.05, 0.1) is 18.2 Å². The van der Waals surface area contributed by atoms with Crippen molar-refractivity contribution in [3.8, 4) is 17.2 Å². The summed E-state index contributed by atoms with van der Waals surface area (Å²) < 4.78 is 63.6. The van der Waals surface area contributed by atoms with Gasteiger partial charge in [-0.05, 0) is 42.5 Å². The second-order valence-corrected chi connectivity index (χ2v) is 6.35. The summed E-state index contributed by atoms with van der Waals surface area (Å²) in [7, 11) is 1.22. The van der Waals surface area contributed by atoms with Gasteiger partial charge in [-0.1, -0.05) is 0 Å². The van der Waals surface area contributed by atoms with Crippen LogP contribution < -0.4 is 20.5 Å². The van der Waals surface area contributed by atoms with Crippen LogP contribution in [0.2, 0.25) is 0 Å². The number of rotatable bonds is 6. The molecule has 0 aliphatic rings. The number of alkyl halides is 3. The highest BCUT2D eigenvalue weighted by Crippen LogP contribution is 2.38. The molecule has 2 amide bonds. The Bertz CT molecular complexity index is 1180. The average molecular weight is 449 g/mol. The molecule has 2 aromatic carbocycles. The third-order valence-corrected chi connectivity index (χ3v) is 4.17. The lowest BCUT2D eigenvalue weighted by Gasteiger charge is -2.16. The number of hydrogen-bond donors (Lipinski definition) is 2. The van der Waals surface area contributed by atoms with Crippen molar-refractivity contribution in [3.63, 3.8) is 0 Å². The molecule has 0 aliphatic carbocycles. The Hall–Kier alpha value is -4.15. The fourth-order valence-electron chi connectivity index (χ4n) is 2.66. The quantitative estimate of drug-likeness (QED) is 0.544. The lowest BCUT2D eigenvalue weighted by atomic mass is 10.1. The van der Waals surface area contributed by atoms with Gasteiger partial charge in [-0.15, -0.1) is 0 Å². The number of anilines is 1. The standard InChI is InChI=1S/C21H15F4N3O4/c1-31-18-9-12(22)3-5-16(18)32-17-8-11(21(23,24)25)2-4-14(17)20(30)28-13-6-7-27-15(10-13)19(26)29/h2-10H,1H3,(H2,26,29)(H,27,28,30). The number of nitrogens with one attached hydrogen (secondary N) is 1. The van der Waals surface area contributed by atoms with E-state index in [1.165, 1.54) is 25.4 Å². The molecule has 0 saturated carbocycles. The van der Waals surface area contributed by atoms with Gasteiger partial charge in [-0.2, -0.15) is 13.2 Å². The number of aromatic nitrogens is 1. The van der Waals surface area contributed by atoms with E-state index in [2.05, 4.69) is 10.3 Å². The van der Waals surface area contributed by atoms with Gasteiger partial charge in [-0.3, -0.25) is 14.6 Å². The fraction of sp³-hybridized carbons (Fsp3) is 0.0952. The molecule has 0 unspecified atom stereocenters. The summed E-state index contributed by atoms with van der Waals surface area (Å²) in [4.78, 5) is 27.8. The minimum atomic E-state index is -4.71. The Kier molecular flexibility index (Phi) is 6.28. The van der Waals surface area contributed by atoms with Crippen molar-refractivity contribution in [2.24, 2.45) is 5.73 Å². The molecule has 32 heavy (non-hydrogen) atoms. The molecular formula is C21H15F4N3O4. The monoisotopic (exact) mass is 449 g/mol. The maximum atomic E-state index is 13.4. The first-order chi connectivity index (χ1) is 15.1. The molecule has 166 valence electrons. The first-order valence-electron chi connectivity index (χ1n) is 8.88. The van der Waals surface area contributed by atoms with E-state index in [1.54, 1.807) is 0 Å². The zero-order valence-electron chi connectivity index (χ0n) is 16.4. The first kappa shape index (κ1) is 22.5. The average Bonchev–Trinajstić information content (AvgIpc) is 2.74. The molecule has 3 aromatic rings. The minimum Gasteiger partial charge on any atom is -0.493 e. The molecular weight excluding hydrogens is 434 g/mol. The van der Waals surface area contributed by atoms with Gasteiger partial charge in [0.15, 0.2) is 11.5 Å². The number of nitrogens with zero attached hydrogens (tertiary/aromatic N) is 1. The lowest BCUT2D eigenvalue weighted by molar-refractivity contribution is -0.137. The Morgan fingerprint density at radius 1 is 1.00 bits per heavy atom. The fourth-order valence-corrected chi connectivity index (χ4v) is 2.66. The number of halogens is 4. The van der Waals surface area contributed by atoms with Gasteiger partial charge >= 0.3 is 6.18 Å². The molecule has 0 aliphatic heterocycles. The van der Waals surface area contributed by atoms with Crippen LogP contribution in [0.4, 0.5) is 23.2 Å². The van der Waals surface area contributed by atoms with E-state index in [1.807, 2.05) is 0 Å². The summed E-state index contributed by atoms with van der Waals surface area (Å²) in [6, 6.07) is 7.99. The SMILES string of the molecule is COc1cc(F)ccc1Oc1cc(C(F)(F)F)ccc1C(=O)Nc1ccnc(C(N)=O)c1. The molecule has 7 nitrogen and oxygen atoms in total. The topological polar surface area (TPSA) is 104 Å². The zero-order valence-corrected chi connectivity index (χ0v) is 16.4. The minimum absolute atomic E-state index is 0.0889. The highest BCUT2D eigenvalue weighted by atomic mass is 19.4. The van der Waals surface area contributed by atoms with Crippen molar-refractivity contribution in [1.82, 2.24) is 4.98 Å². The number of nitrogens with two attached hydrogens (primary N) is 1. The van der Waals surface area contributed by atoms with Gasteiger partial charge in [0.2, 0.25) is 0 Å². The normalized spacial score (nSPS) is 11.0. The van der Waals surface area contributed by atoms with E-state index < -0.39 is 35.1 Å². The van der Waals surface area contributed by atoms with Crippen molar-refractivity contribution in [2.45, 2.75) is 6.18 Å². The summed E-state index contributed by atoms with van der Waals surface area (Å²) in [5.74, 6) is -2.97. The third kappa shape index (κ3) is 5.12. The number of pyridine rings is 1. The van der Waals surface area contributed by atoms with Crippen LogP contribution in [0.1, 0.15) is 26.4 Å². The van der Waals surface area contributed by atoms with Crippen LogP contribution in [0, 0.1) is 5.82 Å². The summed E-state index contributed by atoms with van der Waals surface area (Å²) in [6.45, 7) is 0. The van der Waals surface area contributed by atoms with Crippen LogP contribution in [-0.4, -0.2) is 23.9 Å². The van der Waals surface area contributed by atoms with Crippen LogP contribution in [0.3, 0.4) is 0 Å². The predicted octanol–water partition coefficient (Wildman–Crippen LogP) is 4.39. The van der Waals surface area contributed by atoms with Gasteiger partial charge < -0.3 is 20.5 Å². The Morgan fingerprint density at radius 2 is 1.75 bits per heavy atom. The van der Waals surface area contributed by atoms with E-state index in [9.17, 15) is 27.2 Å². The molecule has 0 fully saturated rings. The number of primary amides is 1. The van der Waals surface area contributed by atoms with Crippen molar-refractivity contribution in [3.05, 3.63) is 77.4 Å². The lowest BCUT2D eigenvalue weighted by Crippen LogP contribution is -2.16. The second-order valence-electron chi connectivity index (χ2n) is 6.35. The number of ether oxygens (including phenoxy) is 2. The molecule has 0 radical (unpaired) electrons. The van der Waals surface area contributed by atoms with Crippen LogP contribution in [0.5, 0.6) is 17.2 Å². The van der Waals surface area contributed by atoms with E-state index in [0.717, 1.165) is 24.3 Å². The summed E-state index contributed by atoms with van der Waals surface area (Å²) >= 11 is 0. The number of carbonyl (C=O) groups excluding carboxylic acids is 2. The maximum absolute atomic E-state index is 13.4. The molecule has 0 saturated heterocycles. The molecule has 0 bridgehead atoms. The number of amides is 2. The smallest absolute Gasteiger partial charge is 0.416 e. The molecule has 1 heterocycles. The largest absolute Gasteiger partial charge is 0.493 e. The Balaban J connectivity index is 2.01. The summed E-state index contributed by atoms with van der Waals surface area (Å²) in [6.07, 6.45) is -3.48. The Morgan fingerprint density at radius 3 is 2.41 bits per heavy atom. The molecule has 0 spiro atoms. The second kappa shape index (κ2) is 8.92. The molecule has 3 N–H and O–H groups in total. The van der Waals surface area contributed by atoms with Gasteiger partial charge in [0, 0.05) is 18.0 Å². The van der Waals surface area contributed by atoms with Crippen molar-refractivity contribution < 1.29 is 36.6 Å². The summed E-state index contributed by atoms with van der Waals surface area (Å²) in [5.41, 5.74) is 3.83. The van der Waals surface area contributed by atoms with Crippen LogP contribution in [0.15, 0.2) is 54.7 Å². The van der Waals surface area contributed by atoms with E-state index >= 15 is 0 Å². The van der Waals surface area contributed by atoms with Crippen molar-refractivity contribution >= 4 is 17.5 Å². The van der Waals surface area contributed by atoms with E-state index in [4.69, 9.17) is 15.2 Å². The molecule has 11 heteroatoms. The van der Waals surface area contributed by atoms with Gasteiger partial charge in [0.25, 0.3) is 11.8 Å². The third-order valence-electron chi connectivity index (χ3n) is 4.17. The first-order valence-corrected chi connectivity index (χ1v) is 8.88. The number of carbonyl (C=O) groups is 2. The number of hydrogen-bond acceptors (Lipinski definition) is 5. The van der Waals surface area contributed by atoms with Gasteiger partial charge in [-0.25, -0.2) is 4.39 Å². The maximum Gasteiger partial charge on any atom is 0.416 e. The van der Waals surface area contributed by atoms with Crippen LogP contribution >= 0.6 is 0 Å². The van der Waals surface area contributed by atoms with E-state index in [-0.39, 0.29) is 28.4 Å². The van der Waals surface area contributed by atoms with Crippen molar-refractivity contribution in [2.75, 3.05) is 12.4 Å². The van der Waals surface area contributed by atoms with E-state index in [0.29, 0.717) is 12.1 Å². The zero-order chi connectivity index (χ0) is 23.5. The molecule has 0 atom stereocenters. The highest BCUT2D eigenvalue weighted by molar-refractivity contribution is 6.06. The van der Waals surface area contributed by atoms with Crippen LogP contribution in [0.25, 0.3) is 0 Å². The highest BCUT2D eigenvalue weighted by Gasteiger charge is 2.32. The summed E-state index contributed by atoms with van der Waals surface area (Å²) in [5, 5.41) is 2.44.